The standard InChI is InChI=1S/C11H12F3N3O2/c12-11(13,14)15-6-7-16(10(8-15)17(18)19)9-4-2-1-3-5-9/h1-5,10H,6-8H2. The van der Waals surface area contributed by atoms with Crippen molar-refractivity contribution in [2.24, 2.45) is 0 Å². The average Bonchev–Trinajstić information content (AvgIpc) is 2.38. The molecule has 104 valence electrons. The number of alkyl halides is 3. The first-order chi connectivity index (χ1) is 8.89. The molecule has 1 saturated heterocycles. The molecule has 1 aromatic rings. The van der Waals surface area contributed by atoms with E-state index in [2.05, 4.69) is 0 Å². The van der Waals surface area contributed by atoms with E-state index in [1.54, 1.807) is 30.3 Å². The SMILES string of the molecule is O=[N+]([O-])C1CN(C(F)(F)F)CCN1c1ccccc1. The van der Waals surface area contributed by atoms with Crippen LogP contribution in [0.4, 0.5) is 18.9 Å². The second-order valence-electron chi connectivity index (χ2n) is 4.21. The number of halogens is 3. The van der Waals surface area contributed by atoms with Crippen molar-refractivity contribution in [1.29, 1.82) is 0 Å². The first-order valence-electron chi connectivity index (χ1n) is 5.66. The molecule has 0 saturated carbocycles. The summed E-state index contributed by atoms with van der Waals surface area (Å²) in [5, 5.41) is 11.0. The Hall–Kier alpha value is -1.83. The Morgan fingerprint density at radius 3 is 2.37 bits per heavy atom. The molecule has 1 aliphatic heterocycles. The van der Waals surface area contributed by atoms with Crippen LogP contribution in [0, 0.1) is 10.1 Å². The molecule has 0 aliphatic carbocycles. The van der Waals surface area contributed by atoms with Crippen LogP contribution in [0.25, 0.3) is 0 Å². The minimum Gasteiger partial charge on any atom is -0.308 e. The van der Waals surface area contributed by atoms with Crippen LogP contribution in [0.5, 0.6) is 0 Å². The van der Waals surface area contributed by atoms with Crippen LogP contribution in [0.3, 0.4) is 0 Å². The topological polar surface area (TPSA) is 49.6 Å². The fourth-order valence-electron chi connectivity index (χ4n) is 2.10. The summed E-state index contributed by atoms with van der Waals surface area (Å²) >= 11 is 0. The largest absolute Gasteiger partial charge is 0.460 e. The quantitative estimate of drug-likeness (QED) is 0.470. The molecule has 0 bridgehead atoms. The maximum absolute atomic E-state index is 12.6. The Kier molecular flexibility index (Phi) is 3.61. The molecule has 1 fully saturated rings. The van der Waals surface area contributed by atoms with Gasteiger partial charge in [0, 0.05) is 23.7 Å². The molecule has 0 N–H and O–H groups in total. The van der Waals surface area contributed by atoms with Gasteiger partial charge >= 0.3 is 6.30 Å². The van der Waals surface area contributed by atoms with Crippen molar-refractivity contribution in [1.82, 2.24) is 4.90 Å². The molecule has 1 aromatic carbocycles. The lowest BCUT2D eigenvalue weighted by molar-refractivity contribution is -0.527. The number of benzene rings is 1. The third kappa shape index (κ3) is 2.95. The zero-order valence-corrected chi connectivity index (χ0v) is 9.88. The van der Waals surface area contributed by atoms with E-state index in [9.17, 15) is 23.3 Å². The molecule has 1 heterocycles. The summed E-state index contributed by atoms with van der Waals surface area (Å²) in [6, 6.07) is 8.45. The van der Waals surface area contributed by atoms with Crippen molar-refractivity contribution in [3.63, 3.8) is 0 Å². The lowest BCUT2D eigenvalue weighted by Crippen LogP contribution is -2.59. The zero-order chi connectivity index (χ0) is 14.0. The highest BCUT2D eigenvalue weighted by atomic mass is 19.4. The first-order valence-corrected chi connectivity index (χ1v) is 5.66. The molecule has 19 heavy (non-hydrogen) atoms. The van der Waals surface area contributed by atoms with E-state index in [4.69, 9.17) is 0 Å². The van der Waals surface area contributed by atoms with Gasteiger partial charge in [0.2, 0.25) is 0 Å². The van der Waals surface area contributed by atoms with E-state index in [1.165, 1.54) is 4.90 Å². The van der Waals surface area contributed by atoms with Crippen molar-refractivity contribution in [2.45, 2.75) is 12.5 Å². The van der Waals surface area contributed by atoms with Gasteiger partial charge in [-0.3, -0.25) is 10.1 Å². The molecular formula is C11H12F3N3O2. The van der Waals surface area contributed by atoms with E-state index in [0.717, 1.165) is 0 Å². The Bertz CT molecular complexity index is 452. The number of anilines is 1. The van der Waals surface area contributed by atoms with Crippen molar-refractivity contribution >= 4 is 5.69 Å². The van der Waals surface area contributed by atoms with Crippen molar-refractivity contribution in [3.8, 4) is 0 Å². The maximum atomic E-state index is 12.6. The van der Waals surface area contributed by atoms with Gasteiger partial charge in [-0.2, -0.15) is 13.2 Å². The van der Waals surface area contributed by atoms with Gasteiger partial charge in [0.1, 0.15) is 0 Å². The number of para-hydroxylation sites is 1. The van der Waals surface area contributed by atoms with Crippen LogP contribution < -0.4 is 4.90 Å². The van der Waals surface area contributed by atoms with E-state index in [0.29, 0.717) is 5.69 Å². The van der Waals surface area contributed by atoms with E-state index in [-0.39, 0.29) is 18.0 Å². The summed E-state index contributed by atoms with van der Waals surface area (Å²) in [6.45, 7) is -0.969. The number of nitro groups is 1. The summed E-state index contributed by atoms with van der Waals surface area (Å²) in [5.41, 5.74) is 0.561. The molecule has 0 spiro atoms. The molecule has 8 heteroatoms. The van der Waals surface area contributed by atoms with Gasteiger partial charge in [-0.05, 0) is 12.1 Å². The predicted molar refractivity (Wildman–Crippen MR) is 62.2 cm³/mol. The Labute approximate surface area is 107 Å². The third-order valence-electron chi connectivity index (χ3n) is 3.04. The molecular weight excluding hydrogens is 263 g/mol. The molecule has 5 nitrogen and oxygen atoms in total. The molecule has 0 radical (unpaired) electrons. The predicted octanol–water partition coefficient (Wildman–Crippen LogP) is 1.93. The first kappa shape index (κ1) is 13.6. The van der Waals surface area contributed by atoms with Crippen LogP contribution in [0.2, 0.25) is 0 Å². The van der Waals surface area contributed by atoms with Crippen molar-refractivity contribution in [2.75, 3.05) is 24.5 Å². The Morgan fingerprint density at radius 2 is 1.84 bits per heavy atom. The maximum Gasteiger partial charge on any atom is 0.460 e. The van der Waals surface area contributed by atoms with Crippen molar-refractivity contribution in [3.05, 3.63) is 40.4 Å². The normalized spacial score (nSPS) is 21.4. The van der Waals surface area contributed by atoms with Crippen molar-refractivity contribution < 1.29 is 18.1 Å². The van der Waals surface area contributed by atoms with Crippen LogP contribution in [-0.2, 0) is 0 Å². The van der Waals surface area contributed by atoms with Gasteiger partial charge in [-0.1, -0.05) is 18.2 Å². The third-order valence-corrected chi connectivity index (χ3v) is 3.04. The minimum atomic E-state index is -4.53. The highest BCUT2D eigenvalue weighted by molar-refractivity contribution is 5.47. The summed E-state index contributed by atoms with van der Waals surface area (Å²) < 4.78 is 37.8. The van der Waals surface area contributed by atoms with Gasteiger partial charge in [-0.15, -0.1) is 0 Å². The highest BCUT2D eigenvalue weighted by Crippen LogP contribution is 2.27. The van der Waals surface area contributed by atoms with Gasteiger partial charge < -0.3 is 4.90 Å². The molecule has 2 rings (SSSR count). The fourth-order valence-corrected chi connectivity index (χ4v) is 2.10. The van der Waals surface area contributed by atoms with E-state index >= 15 is 0 Å². The van der Waals surface area contributed by atoms with Gasteiger partial charge in [0.05, 0.1) is 6.54 Å². The number of piperazine rings is 1. The van der Waals surface area contributed by atoms with E-state index < -0.39 is 23.9 Å². The molecule has 0 amide bonds. The van der Waals surface area contributed by atoms with Gasteiger partial charge in [0.15, 0.2) is 0 Å². The summed E-state index contributed by atoms with van der Waals surface area (Å²) in [6.07, 6.45) is -5.92. The average molecular weight is 275 g/mol. The lowest BCUT2D eigenvalue weighted by Gasteiger charge is -2.38. The monoisotopic (exact) mass is 275 g/mol. The molecule has 0 aromatic heterocycles. The van der Waals surface area contributed by atoms with Crippen LogP contribution >= 0.6 is 0 Å². The second-order valence-corrected chi connectivity index (χ2v) is 4.21. The van der Waals surface area contributed by atoms with Gasteiger partial charge in [0.25, 0.3) is 6.17 Å². The molecule has 1 atom stereocenters. The smallest absolute Gasteiger partial charge is 0.308 e. The number of rotatable bonds is 2. The molecule has 1 aliphatic rings. The van der Waals surface area contributed by atoms with E-state index in [1.807, 2.05) is 0 Å². The minimum absolute atomic E-state index is 0.0326. The number of nitrogens with zero attached hydrogens (tertiary/aromatic N) is 3. The second kappa shape index (κ2) is 5.04. The fraction of sp³-hybridized carbons (Fsp3) is 0.455. The lowest BCUT2D eigenvalue weighted by atomic mass is 10.2. The highest BCUT2D eigenvalue weighted by Gasteiger charge is 2.46. The summed E-state index contributed by atoms with van der Waals surface area (Å²) in [7, 11) is 0. The van der Waals surface area contributed by atoms with Gasteiger partial charge in [-0.25, -0.2) is 4.90 Å². The summed E-state index contributed by atoms with van der Waals surface area (Å²) in [5.74, 6) is 0. The number of hydrogen-bond donors (Lipinski definition) is 0. The number of hydrogen-bond acceptors (Lipinski definition) is 4. The zero-order valence-electron chi connectivity index (χ0n) is 9.88. The van der Waals surface area contributed by atoms with Crippen LogP contribution in [0.1, 0.15) is 0 Å². The summed E-state index contributed by atoms with van der Waals surface area (Å²) in [4.78, 5) is 11.9. The Morgan fingerprint density at radius 1 is 1.21 bits per heavy atom. The Balaban J connectivity index is 2.21. The molecule has 1 unspecified atom stereocenters. The van der Waals surface area contributed by atoms with Crippen LogP contribution in [0.15, 0.2) is 30.3 Å². The van der Waals surface area contributed by atoms with Crippen LogP contribution in [-0.4, -0.2) is 41.9 Å².